The molecule has 0 aliphatic heterocycles. The zero-order valence-corrected chi connectivity index (χ0v) is 9.26. The van der Waals surface area contributed by atoms with Gasteiger partial charge in [0.25, 0.3) is 0 Å². The molecule has 1 amide bonds. The summed E-state index contributed by atoms with van der Waals surface area (Å²) in [4.78, 5) is 17.0. The molecule has 1 aromatic rings. The molecule has 84 valence electrons. The van der Waals surface area contributed by atoms with Gasteiger partial charge in [0.2, 0.25) is 5.91 Å². The van der Waals surface area contributed by atoms with Crippen molar-refractivity contribution in [2.24, 2.45) is 5.73 Å². The summed E-state index contributed by atoms with van der Waals surface area (Å²) in [5.41, 5.74) is 5.50. The number of hydrogen-bond donors (Lipinski definition) is 1. The van der Waals surface area contributed by atoms with E-state index in [2.05, 4.69) is 4.98 Å². The van der Waals surface area contributed by atoms with Crippen LogP contribution in [0.4, 0.5) is 0 Å². The Hall–Kier alpha value is -1.36. The van der Waals surface area contributed by atoms with E-state index in [0.717, 1.165) is 19.5 Å². The predicted molar refractivity (Wildman–Crippen MR) is 58.1 cm³/mol. The molecule has 1 unspecified atom stereocenters. The van der Waals surface area contributed by atoms with Crippen molar-refractivity contribution in [3.8, 4) is 0 Å². The van der Waals surface area contributed by atoms with E-state index in [1.165, 1.54) is 0 Å². The monoisotopic (exact) mass is 210 g/mol. The molecular formula is C10H18N4O. The number of carbonyl (C=O) groups excluding carboxylic acids is 1. The third kappa shape index (κ3) is 3.71. The second kappa shape index (κ2) is 5.50. The summed E-state index contributed by atoms with van der Waals surface area (Å²) in [7, 11) is 1.78. The minimum atomic E-state index is -0.414. The van der Waals surface area contributed by atoms with Crippen LogP contribution in [-0.2, 0) is 11.3 Å². The molecule has 5 nitrogen and oxygen atoms in total. The highest BCUT2D eigenvalue weighted by Gasteiger charge is 2.12. The number of imidazole rings is 1. The molecule has 0 spiro atoms. The SMILES string of the molecule is CC(N)C(=O)N(C)CCCn1ccnc1. The Morgan fingerprint density at radius 1 is 1.67 bits per heavy atom. The highest BCUT2D eigenvalue weighted by Crippen LogP contribution is 1.95. The maximum atomic E-state index is 11.4. The molecule has 0 aliphatic carbocycles. The predicted octanol–water partition coefficient (Wildman–Crippen LogP) is 0.0788. The van der Waals surface area contributed by atoms with Crippen LogP contribution in [-0.4, -0.2) is 40.0 Å². The van der Waals surface area contributed by atoms with Gasteiger partial charge in [-0.2, -0.15) is 0 Å². The lowest BCUT2D eigenvalue weighted by Gasteiger charge is -2.19. The van der Waals surface area contributed by atoms with Gasteiger partial charge in [0.1, 0.15) is 0 Å². The van der Waals surface area contributed by atoms with Crippen LogP contribution in [0.1, 0.15) is 13.3 Å². The quantitative estimate of drug-likeness (QED) is 0.748. The van der Waals surface area contributed by atoms with Gasteiger partial charge in [-0.1, -0.05) is 0 Å². The molecule has 1 heterocycles. The fourth-order valence-corrected chi connectivity index (χ4v) is 1.37. The zero-order valence-electron chi connectivity index (χ0n) is 9.26. The second-order valence-electron chi connectivity index (χ2n) is 3.70. The van der Waals surface area contributed by atoms with Crippen LogP contribution in [0, 0.1) is 0 Å². The fourth-order valence-electron chi connectivity index (χ4n) is 1.37. The van der Waals surface area contributed by atoms with Crippen molar-refractivity contribution >= 4 is 5.91 Å². The van der Waals surface area contributed by atoms with E-state index in [0.29, 0.717) is 0 Å². The Balaban J connectivity index is 2.23. The first-order valence-corrected chi connectivity index (χ1v) is 5.07. The molecule has 0 fully saturated rings. The normalized spacial score (nSPS) is 12.5. The molecule has 1 aromatic heterocycles. The molecule has 0 bridgehead atoms. The average Bonchev–Trinajstić information content (AvgIpc) is 2.69. The molecule has 1 atom stereocenters. The summed E-state index contributed by atoms with van der Waals surface area (Å²) in [5.74, 6) is -0.0133. The molecule has 0 aromatic carbocycles. The van der Waals surface area contributed by atoms with Gasteiger partial charge in [-0.25, -0.2) is 4.98 Å². The van der Waals surface area contributed by atoms with Crippen molar-refractivity contribution in [3.63, 3.8) is 0 Å². The van der Waals surface area contributed by atoms with Gasteiger partial charge in [-0.15, -0.1) is 0 Å². The lowest BCUT2D eigenvalue weighted by Crippen LogP contribution is -2.40. The summed E-state index contributed by atoms with van der Waals surface area (Å²) in [6.07, 6.45) is 6.34. The van der Waals surface area contributed by atoms with Gasteiger partial charge in [0.15, 0.2) is 0 Å². The number of nitrogens with two attached hydrogens (primary N) is 1. The topological polar surface area (TPSA) is 64.2 Å². The highest BCUT2D eigenvalue weighted by atomic mass is 16.2. The van der Waals surface area contributed by atoms with E-state index in [1.54, 1.807) is 31.4 Å². The average molecular weight is 210 g/mol. The van der Waals surface area contributed by atoms with Crippen molar-refractivity contribution in [3.05, 3.63) is 18.7 Å². The minimum Gasteiger partial charge on any atom is -0.344 e. The third-order valence-electron chi connectivity index (χ3n) is 2.23. The number of rotatable bonds is 5. The van der Waals surface area contributed by atoms with E-state index in [9.17, 15) is 4.79 Å². The molecule has 0 radical (unpaired) electrons. The van der Waals surface area contributed by atoms with E-state index < -0.39 is 6.04 Å². The molecule has 15 heavy (non-hydrogen) atoms. The van der Waals surface area contributed by atoms with Crippen molar-refractivity contribution in [1.29, 1.82) is 0 Å². The van der Waals surface area contributed by atoms with Gasteiger partial charge in [-0.3, -0.25) is 4.79 Å². The van der Waals surface area contributed by atoms with Crippen molar-refractivity contribution in [2.45, 2.75) is 25.9 Å². The molecule has 5 heteroatoms. The highest BCUT2D eigenvalue weighted by molar-refractivity contribution is 5.80. The first-order valence-electron chi connectivity index (χ1n) is 5.07. The standard InChI is InChI=1S/C10H18N4O/c1-9(11)10(15)13(2)5-3-6-14-7-4-12-8-14/h4,7-9H,3,5-6,11H2,1-2H3. The number of likely N-dealkylation sites (N-methyl/N-ethyl adjacent to an activating group) is 1. The minimum absolute atomic E-state index is 0.0133. The molecule has 2 N–H and O–H groups in total. The summed E-state index contributed by atoms with van der Waals surface area (Å²) in [6, 6.07) is -0.414. The first-order chi connectivity index (χ1) is 7.11. The molecule has 0 saturated carbocycles. The van der Waals surface area contributed by atoms with Crippen LogP contribution < -0.4 is 5.73 Å². The largest absolute Gasteiger partial charge is 0.344 e. The summed E-state index contributed by atoms with van der Waals surface area (Å²) in [6.45, 7) is 3.30. The zero-order chi connectivity index (χ0) is 11.3. The molecule has 0 saturated heterocycles. The maximum absolute atomic E-state index is 11.4. The summed E-state index contributed by atoms with van der Waals surface area (Å²) >= 11 is 0. The van der Waals surface area contributed by atoms with Crippen LogP contribution >= 0.6 is 0 Å². The Bertz CT molecular complexity index is 294. The Morgan fingerprint density at radius 3 is 2.93 bits per heavy atom. The van der Waals surface area contributed by atoms with Gasteiger partial charge < -0.3 is 15.2 Å². The molecule has 0 aliphatic rings. The van der Waals surface area contributed by atoms with Crippen LogP contribution in [0.25, 0.3) is 0 Å². The number of nitrogens with zero attached hydrogens (tertiary/aromatic N) is 3. The van der Waals surface area contributed by atoms with Gasteiger partial charge >= 0.3 is 0 Å². The number of carbonyl (C=O) groups is 1. The van der Waals surface area contributed by atoms with Crippen molar-refractivity contribution < 1.29 is 4.79 Å². The number of aromatic nitrogens is 2. The number of amides is 1. The fraction of sp³-hybridized carbons (Fsp3) is 0.600. The Kier molecular flexibility index (Phi) is 4.30. The van der Waals surface area contributed by atoms with Crippen LogP contribution in [0.2, 0.25) is 0 Å². The van der Waals surface area contributed by atoms with Crippen molar-refractivity contribution in [1.82, 2.24) is 14.5 Å². The van der Waals surface area contributed by atoms with E-state index in [4.69, 9.17) is 5.73 Å². The smallest absolute Gasteiger partial charge is 0.238 e. The van der Waals surface area contributed by atoms with Gasteiger partial charge in [-0.05, 0) is 13.3 Å². The lowest BCUT2D eigenvalue weighted by atomic mass is 10.3. The van der Waals surface area contributed by atoms with Crippen LogP contribution in [0.5, 0.6) is 0 Å². The summed E-state index contributed by atoms with van der Waals surface area (Å²) < 4.78 is 1.99. The second-order valence-corrected chi connectivity index (χ2v) is 3.70. The molecule has 1 rings (SSSR count). The Labute approximate surface area is 89.9 Å². The maximum Gasteiger partial charge on any atom is 0.238 e. The van der Waals surface area contributed by atoms with Crippen LogP contribution in [0.3, 0.4) is 0 Å². The first kappa shape index (κ1) is 11.7. The van der Waals surface area contributed by atoms with Crippen molar-refractivity contribution in [2.75, 3.05) is 13.6 Å². The van der Waals surface area contributed by atoms with Gasteiger partial charge in [0, 0.05) is 32.5 Å². The van der Waals surface area contributed by atoms with E-state index >= 15 is 0 Å². The lowest BCUT2D eigenvalue weighted by molar-refractivity contribution is -0.130. The Morgan fingerprint density at radius 2 is 2.40 bits per heavy atom. The van der Waals surface area contributed by atoms with Crippen LogP contribution in [0.15, 0.2) is 18.7 Å². The number of hydrogen-bond acceptors (Lipinski definition) is 3. The third-order valence-corrected chi connectivity index (χ3v) is 2.23. The summed E-state index contributed by atoms with van der Waals surface area (Å²) in [5, 5.41) is 0. The van der Waals surface area contributed by atoms with E-state index in [-0.39, 0.29) is 5.91 Å². The van der Waals surface area contributed by atoms with Gasteiger partial charge in [0.05, 0.1) is 12.4 Å². The number of aryl methyl sites for hydroxylation is 1. The molecular weight excluding hydrogens is 192 g/mol. The van der Waals surface area contributed by atoms with E-state index in [1.807, 2.05) is 10.8 Å².